The molecule has 5 nitrogen and oxygen atoms in total. The first kappa shape index (κ1) is 19.5. The van der Waals surface area contributed by atoms with E-state index in [1.165, 1.54) is 0 Å². The number of aryl methyl sites for hydroxylation is 1. The number of hydrogen-bond acceptors (Lipinski definition) is 5. The average Bonchev–Trinajstić information content (AvgIpc) is 2.63. The number of nitrogens with zero attached hydrogens (tertiary/aromatic N) is 2. The van der Waals surface area contributed by atoms with Crippen molar-refractivity contribution in [2.75, 3.05) is 17.2 Å². The highest BCUT2D eigenvalue weighted by Gasteiger charge is 2.35. The third kappa shape index (κ3) is 4.70. The smallest absolute Gasteiger partial charge is 0.421 e. The van der Waals surface area contributed by atoms with E-state index < -0.39 is 11.7 Å². The molecule has 1 aromatic heterocycles. The van der Waals surface area contributed by atoms with Gasteiger partial charge in [0.2, 0.25) is 5.95 Å². The molecule has 0 amide bonds. The van der Waals surface area contributed by atoms with Crippen LogP contribution in [-0.4, -0.2) is 16.6 Å². The molecule has 28 heavy (non-hydrogen) atoms. The summed E-state index contributed by atoms with van der Waals surface area (Å²) in [6, 6.07) is 14.0. The van der Waals surface area contributed by atoms with Gasteiger partial charge in [0, 0.05) is 23.6 Å². The Morgan fingerprint density at radius 1 is 1.04 bits per heavy atom. The van der Waals surface area contributed by atoms with Crippen LogP contribution in [0.1, 0.15) is 18.1 Å². The second-order valence-corrected chi connectivity index (χ2v) is 5.98. The van der Waals surface area contributed by atoms with E-state index in [-0.39, 0.29) is 11.8 Å². The molecule has 0 saturated carbocycles. The summed E-state index contributed by atoms with van der Waals surface area (Å²) in [6.45, 7) is 4.16. The Bertz CT molecular complexity index is 960. The van der Waals surface area contributed by atoms with Crippen molar-refractivity contribution in [3.8, 4) is 5.75 Å². The number of benzene rings is 2. The SMILES string of the molecule is CCOc1cccc(Nc2nc(Nc3ccccc3C)ncc2C(F)(F)F)c1. The summed E-state index contributed by atoms with van der Waals surface area (Å²) in [5.41, 5.74) is 1.11. The van der Waals surface area contributed by atoms with Gasteiger partial charge in [-0.1, -0.05) is 24.3 Å². The lowest BCUT2D eigenvalue weighted by atomic mass is 10.2. The van der Waals surface area contributed by atoms with Gasteiger partial charge in [0.25, 0.3) is 0 Å². The second-order valence-electron chi connectivity index (χ2n) is 5.98. The van der Waals surface area contributed by atoms with E-state index in [2.05, 4.69) is 20.6 Å². The summed E-state index contributed by atoms with van der Waals surface area (Å²) >= 11 is 0. The number of hydrogen-bond donors (Lipinski definition) is 2. The predicted molar refractivity (Wildman–Crippen MR) is 102 cm³/mol. The van der Waals surface area contributed by atoms with Crippen LogP contribution in [0.5, 0.6) is 5.75 Å². The first-order chi connectivity index (χ1) is 13.4. The summed E-state index contributed by atoms with van der Waals surface area (Å²) < 4.78 is 45.6. The van der Waals surface area contributed by atoms with E-state index in [4.69, 9.17) is 4.74 Å². The minimum Gasteiger partial charge on any atom is -0.494 e. The summed E-state index contributed by atoms with van der Waals surface area (Å²) in [7, 11) is 0. The summed E-state index contributed by atoms with van der Waals surface area (Å²) in [5, 5.41) is 5.68. The lowest BCUT2D eigenvalue weighted by molar-refractivity contribution is -0.137. The molecule has 0 atom stereocenters. The molecule has 146 valence electrons. The van der Waals surface area contributed by atoms with Crippen molar-refractivity contribution in [1.29, 1.82) is 0 Å². The molecule has 0 bridgehead atoms. The zero-order chi connectivity index (χ0) is 20.1. The third-order valence-corrected chi connectivity index (χ3v) is 3.89. The molecular formula is C20H19F3N4O. The maximum Gasteiger partial charge on any atom is 0.421 e. The quantitative estimate of drug-likeness (QED) is 0.568. The van der Waals surface area contributed by atoms with Crippen molar-refractivity contribution in [3.05, 3.63) is 65.9 Å². The molecule has 1 heterocycles. The molecule has 3 aromatic rings. The zero-order valence-corrected chi connectivity index (χ0v) is 15.3. The molecule has 2 N–H and O–H groups in total. The molecule has 2 aromatic carbocycles. The molecule has 0 saturated heterocycles. The van der Waals surface area contributed by atoms with Crippen molar-refractivity contribution in [3.63, 3.8) is 0 Å². The van der Waals surface area contributed by atoms with E-state index in [0.717, 1.165) is 11.8 Å². The fourth-order valence-corrected chi connectivity index (χ4v) is 2.55. The summed E-state index contributed by atoms with van der Waals surface area (Å²) in [5.74, 6) is 0.270. The Morgan fingerprint density at radius 2 is 1.82 bits per heavy atom. The molecule has 0 spiro atoms. The molecule has 0 fully saturated rings. The van der Waals surface area contributed by atoms with Crippen LogP contribution in [0.15, 0.2) is 54.7 Å². The molecule has 0 radical (unpaired) electrons. The van der Waals surface area contributed by atoms with Crippen molar-refractivity contribution in [1.82, 2.24) is 9.97 Å². The minimum absolute atomic E-state index is 0.0609. The molecule has 0 unspecified atom stereocenters. The Kier molecular flexibility index (Phi) is 5.67. The van der Waals surface area contributed by atoms with Crippen LogP contribution >= 0.6 is 0 Å². The number of aromatic nitrogens is 2. The van der Waals surface area contributed by atoms with E-state index in [1.807, 2.05) is 32.0 Å². The zero-order valence-electron chi connectivity index (χ0n) is 15.3. The van der Waals surface area contributed by atoms with Gasteiger partial charge in [-0.15, -0.1) is 0 Å². The largest absolute Gasteiger partial charge is 0.494 e. The van der Waals surface area contributed by atoms with Gasteiger partial charge in [0.15, 0.2) is 0 Å². The fourth-order valence-electron chi connectivity index (χ4n) is 2.55. The first-order valence-electron chi connectivity index (χ1n) is 8.63. The van der Waals surface area contributed by atoms with Crippen molar-refractivity contribution in [2.24, 2.45) is 0 Å². The molecule has 0 aliphatic heterocycles. The lowest BCUT2D eigenvalue weighted by Crippen LogP contribution is -2.12. The normalized spacial score (nSPS) is 11.2. The van der Waals surface area contributed by atoms with Gasteiger partial charge in [0.1, 0.15) is 17.1 Å². The van der Waals surface area contributed by atoms with E-state index >= 15 is 0 Å². The van der Waals surface area contributed by atoms with Crippen molar-refractivity contribution >= 4 is 23.1 Å². The van der Waals surface area contributed by atoms with Gasteiger partial charge < -0.3 is 15.4 Å². The van der Waals surface area contributed by atoms with Crippen LogP contribution in [-0.2, 0) is 6.18 Å². The second kappa shape index (κ2) is 8.16. The van der Waals surface area contributed by atoms with Crippen LogP contribution in [0.3, 0.4) is 0 Å². The van der Waals surface area contributed by atoms with Gasteiger partial charge >= 0.3 is 6.18 Å². The lowest BCUT2D eigenvalue weighted by Gasteiger charge is -2.16. The summed E-state index contributed by atoms with van der Waals surface area (Å²) in [6.07, 6.45) is -3.83. The molecule has 8 heteroatoms. The minimum atomic E-state index is -4.60. The van der Waals surface area contributed by atoms with Crippen molar-refractivity contribution < 1.29 is 17.9 Å². The number of rotatable bonds is 6. The molecule has 0 aliphatic rings. The van der Waals surface area contributed by atoms with Crippen LogP contribution in [0, 0.1) is 6.92 Å². The number of alkyl halides is 3. The number of para-hydroxylation sites is 1. The highest BCUT2D eigenvalue weighted by Crippen LogP contribution is 2.35. The van der Waals surface area contributed by atoms with E-state index in [0.29, 0.717) is 23.7 Å². The first-order valence-corrected chi connectivity index (χ1v) is 8.63. The highest BCUT2D eigenvalue weighted by atomic mass is 19.4. The Labute approximate surface area is 160 Å². The maximum atomic E-state index is 13.4. The third-order valence-electron chi connectivity index (χ3n) is 3.89. The maximum absolute atomic E-state index is 13.4. The van der Waals surface area contributed by atoms with Gasteiger partial charge in [0.05, 0.1) is 6.61 Å². The molecular weight excluding hydrogens is 369 g/mol. The van der Waals surface area contributed by atoms with Crippen LogP contribution in [0.25, 0.3) is 0 Å². The topological polar surface area (TPSA) is 59.1 Å². The van der Waals surface area contributed by atoms with Gasteiger partial charge in [-0.25, -0.2) is 4.98 Å². The summed E-state index contributed by atoms with van der Waals surface area (Å²) in [4.78, 5) is 7.88. The fraction of sp³-hybridized carbons (Fsp3) is 0.200. The molecule has 3 rings (SSSR count). The number of ether oxygens (including phenoxy) is 1. The monoisotopic (exact) mass is 388 g/mol. The van der Waals surface area contributed by atoms with E-state index in [1.54, 1.807) is 30.3 Å². The Hall–Kier alpha value is -3.29. The predicted octanol–water partition coefficient (Wildman–Crippen LogP) is 5.69. The number of nitrogens with one attached hydrogen (secondary N) is 2. The number of halogens is 3. The highest BCUT2D eigenvalue weighted by molar-refractivity contribution is 5.64. The van der Waals surface area contributed by atoms with Gasteiger partial charge in [-0.05, 0) is 37.6 Å². The van der Waals surface area contributed by atoms with Crippen LogP contribution < -0.4 is 15.4 Å². The van der Waals surface area contributed by atoms with Crippen molar-refractivity contribution in [2.45, 2.75) is 20.0 Å². The van der Waals surface area contributed by atoms with Gasteiger partial charge in [-0.2, -0.15) is 18.2 Å². The van der Waals surface area contributed by atoms with Crippen LogP contribution in [0.2, 0.25) is 0 Å². The van der Waals surface area contributed by atoms with Crippen LogP contribution in [0.4, 0.5) is 36.3 Å². The number of anilines is 4. The Balaban J connectivity index is 1.95. The average molecular weight is 388 g/mol. The van der Waals surface area contributed by atoms with Gasteiger partial charge in [-0.3, -0.25) is 0 Å². The molecule has 0 aliphatic carbocycles. The Morgan fingerprint density at radius 3 is 2.54 bits per heavy atom. The van der Waals surface area contributed by atoms with E-state index in [9.17, 15) is 13.2 Å². The standard InChI is InChI=1S/C20H19F3N4O/c1-3-28-15-9-6-8-14(11-15)25-18-16(20(21,22)23)12-24-19(27-18)26-17-10-5-4-7-13(17)2/h4-12H,3H2,1-2H3,(H2,24,25,26,27).